The second kappa shape index (κ2) is 8.89. The third-order valence-electron chi connectivity index (χ3n) is 4.00. The van der Waals surface area contributed by atoms with Crippen LogP contribution in [0.15, 0.2) is 24.3 Å². The smallest absolute Gasteiger partial charge is 0.249 e. The highest BCUT2D eigenvalue weighted by molar-refractivity contribution is 5.81. The molecule has 1 saturated heterocycles. The van der Waals surface area contributed by atoms with E-state index in [0.29, 0.717) is 13.2 Å². The number of ether oxygens (including phenoxy) is 3. The predicted octanol–water partition coefficient (Wildman–Crippen LogP) is 2.53. The summed E-state index contributed by atoms with van der Waals surface area (Å²) in [5.41, 5.74) is 0.949. The summed E-state index contributed by atoms with van der Waals surface area (Å²) in [7, 11) is 1.63. The Bertz CT molecular complexity index is 498. The second-order valence-corrected chi connectivity index (χ2v) is 6.16. The van der Waals surface area contributed by atoms with E-state index < -0.39 is 6.10 Å². The zero-order valence-corrected chi connectivity index (χ0v) is 14.2. The number of hydrogen-bond acceptors (Lipinski definition) is 4. The average molecular weight is 321 g/mol. The number of methoxy groups -OCH3 is 1. The van der Waals surface area contributed by atoms with E-state index in [0.717, 1.165) is 30.8 Å². The molecule has 1 amide bonds. The molecule has 5 nitrogen and oxygen atoms in total. The third-order valence-corrected chi connectivity index (χ3v) is 4.00. The van der Waals surface area contributed by atoms with E-state index in [1.807, 2.05) is 38.1 Å². The van der Waals surface area contributed by atoms with Crippen molar-refractivity contribution in [1.82, 2.24) is 5.32 Å². The van der Waals surface area contributed by atoms with E-state index in [4.69, 9.17) is 14.2 Å². The van der Waals surface area contributed by atoms with E-state index in [1.54, 1.807) is 7.11 Å². The van der Waals surface area contributed by atoms with E-state index in [9.17, 15) is 4.79 Å². The maximum atomic E-state index is 12.4. The van der Waals surface area contributed by atoms with Crippen LogP contribution >= 0.6 is 0 Å². The largest absolute Gasteiger partial charge is 0.496 e. The summed E-state index contributed by atoms with van der Waals surface area (Å²) in [6, 6.07) is 7.66. The van der Waals surface area contributed by atoms with Crippen LogP contribution in [0.4, 0.5) is 0 Å². The number of carbonyl (C=O) groups is 1. The summed E-state index contributed by atoms with van der Waals surface area (Å²) in [5.74, 6) is 0.784. The first-order valence-corrected chi connectivity index (χ1v) is 8.24. The van der Waals surface area contributed by atoms with Crippen LogP contribution in [-0.4, -0.2) is 38.4 Å². The molecule has 1 fully saturated rings. The fourth-order valence-electron chi connectivity index (χ4n) is 2.69. The van der Waals surface area contributed by atoms with Gasteiger partial charge in [-0.1, -0.05) is 32.0 Å². The number of benzene rings is 1. The number of amides is 1. The van der Waals surface area contributed by atoms with Crippen LogP contribution in [-0.2, 0) is 20.8 Å². The van der Waals surface area contributed by atoms with E-state index in [-0.39, 0.29) is 17.9 Å². The molecule has 5 heteroatoms. The molecule has 1 N–H and O–H groups in total. The molecule has 1 heterocycles. The van der Waals surface area contributed by atoms with Crippen molar-refractivity contribution >= 4 is 5.91 Å². The van der Waals surface area contributed by atoms with Gasteiger partial charge in [-0.15, -0.1) is 0 Å². The Morgan fingerprint density at radius 3 is 2.83 bits per heavy atom. The molecule has 128 valence electrons. The first-order valence-electron chi connectivity index (χ1n) is 8.24. The summed E-state index contributed by atoms with van der Waals surface area (Å²) in [6.07, 6.45) is 1.74. The fraction of sp³-hybridized carbons (Fsp3) is 0.611. The number of para-hydroxylation sites is 1. The SMILES string of the molecule is COc1ccccc1CNC(=O)[C@H](OC[C@H]1CCCO1)C(C)C. The van der Waals surface area contributed by atoms with Gasteiger partial charge in [0.1, 0.15) is 11.9 Å². The van der Waals surface area contributed by atoms with Gasteiger partial charge in [-0.05, 0) is 24.8 Å². The molecular weight excluding hydrogens is 294 g/mol. The Balaban J connectivity index is 1.87. The first kappa shape index (κ1) is 17.8. The van der Waals surface area contributed by atoms with Gasteiger partial charge in [0.05, 0.1) is 19.8 Å². The molecule has 0 aromatic heterocycles. The van der Waals surface area contributed by atoms with Gasteiger partial charge in [0.15, 0.2) is 0 Å². The summed E-state index contributed by atoms with van der Waals surface area (Å²) in [5, 5.41) is 2.95. The van der Waals surface area contributed by atoms with Gasteiger partial charge in [-0.3, -0.25) is 4.79 Å². The number of carbonyl (C=O) groups excluding carboxylic acids is 1. The van der Waals surface area contributed by atoms with Gasteiger partial charge in [-0.2, -0.15) is 0 Å². The highest BCUT2D eigenvalue weighted by Crippen LogP contribution is 2.18. The molecule has 0 unspecified atom stereocenters. The van der Waals surface area contributed by atoms with Crippen molar-refractivity contribution in [2.45, 2.75) is 45.4 Å². The fourth-order valence-corrected chi connectivity index (χ4v) is 2.69. The zero-order chi connectivity index (χ0) is 16.7. The lowest BCUT2D eigenvalue weighted by Crippen LogP contribution is -2.40. The van der Waals surface area contributed by atoms with E-state index >= 15 is 0 Å². The van der Waals surface area contributed by atoms with Gasteiger partial charge in [0, 0.05) is 18.7 Å². The summed E-state index contributed by atoms with van der Waals surface area (Å²) in [4.78, 5) is 12.4. The van der Waals surface area contributed by atoms with Gasteiger partial charge in [0.25, 0.3) is 0 Å². The Morgan fingerprint density at radius 2 is 2.17 bits per heavy atom. The van der Waals surface area contributed by atoms with Crippen molar-refractivity contribution in [2.24, 2.45) is 5.92 Å². The Hall–Kier alpha value is -1.59. The lowest BCUT2D eigenvalue weighted by atomic mass is 10.1. The lowest BCUT2D eigenvalue weighted by Gasteiger charge is -2.22. The highest BCUT2D eigenvalue weighted by atomic mass is 16.5. The standard InChI is InChI=1S/C18H27NO4/c1-13(2)17(23-12-15-8-6-10-22-15)18(20)19-11-14-7-4-5-9-16(14)21-3/h4-5,7,9,13,15,17H,6,8,10-12H2,1-3H3,(H,19,20)/t15-,17-/m1/s1. The molecular formula is C18H27NO4. The molecule has 0 spiro atoms. The highest BCUT2D eigenvalue weighted by Gasteiger charge is 2.25. The minimum Gasteiger partial charge on any atom is -0.496 e. The Morgan fingerprint density at radius 1 is 1.39 bits per heavy atom. The van der Waals surface area contributed by atoms with Crippen molar-refractivity contribution in [3.63, 3.8) is 0 Å². The van der Waals surface area contributed by atoms with Gasteiger partial charge in [-0.25, -0.2) is 0 Å². The van der Waals surface area contributed by atoms with Crippen LogP contribution in [0.25, 0.3) is 0 Å². The quantitative estimate of drug-likeness (QED) is 0.799. The van der Waals surface area contributed by atoms with Crippen LogP contribution in [0, 0.1) is 5.92 Å². The van der Waals surface area contributed by atoms with E-state index in [2.05, 4.69) is 5.32 Å². The van der Waals surface area contributed by atoms with Crippen molar-refractivity contribution in [3.8, 4) is 5.75 Å². The maximum Gasteiger partial charge on any atom is 0.249 e. The molecule has 23 heavy (non-hydrogen) atoms. The molecule has 2 atom stereocenters. The summed E-state index contributed by atoms with van der Waals surface area (Å²) < 4.78 is 16.7. The first-order chi connectivity index (χ1) is 11.1. The third kappa shape index (κ3) is 5.22. The Kier molecular flexibility index (Phi) is 6.86. The molecule has 0 bridgehead atoms. The molecule has 0 saturated carbocycles. The molecule has 0 radical (unpaired) electrons. The van der Waals surface area contributed by atoms with E-state index in [1.165, 1.54) is 0 Å². The summed E-state index contributed by atoms with van der Waals surface area (Å²) >= 11 is 0. The minimum atomic E-state index is -0.464. The van der Waals surface area contributed by atoms with Crippen molar-refractivity contribution < 1.29 is 19.0 Å². The van der Waals surface area contributed by atoms with Crippen LogP contribution in [0.5, 0.6) is 5.75 Å². The van der Waals surface area contributed by atoms with Crippen molar-refractivity contribution in [1.29, 1.82) is 0 Å². The lowest BCUT2D eigenvalue weighted by molar-refractivity contribution is -0.138. The minimum absolute atomic E-state index is 0.0936. The molecule has 1 aromatic carbocycles. The molecule has 1 aliphatic rings. The number of rotatable bonds is 8. The topological polar surface area (TPSA) is 56.8 Å². The number of nitrogens with one attached hydrogen (secondary N) is 1. The zero-order valence-electron chi connectivity index (χ0n) is 14.2. The number of hydrogen-bond donors (Lipinski definition) is 1. The van der Waals surface area contributed by atoms with Crippen molar-refractivity contribution in [3.05, 3.63) is 29.8 Å². The van der Waals surface area contributed by atoms with Gasteiger partial charge >= 0.3 is 0 Å². The molecule has 0 aliphatic carbocycles. The van der Waals surface area contributed by atoms with Crippen LogP contribution in [0.1, 0.15) is 32.3 Å². The van der Waals surface area contributed by atoms with Gasteiger partial charge in [0.2, 0.25) is 5.91 Å². The Labute approximate surface area is 138 Å². The molecule has 2 rings (SSSR count). The van der Waals surface area contributed by atoms with Crippen LogP contribution < -0.4 is 10.1 Å². The monoisotopic (exact) mass is 321 g/mol. The molecule has 1 aromatic rings. The van der Waals surface area contributed by atoms with Crippen LogP contribution in [0.2, 0.25) is 0 Å². The molecule has 1 aliphatic heterocycles. The predicted molar refractivity (Wildman–Crippen MR) is 88.4 cm³/mol. The second-order valence-electron chi connectivity index (χ2n) is 6.16. The average Bonchev–Trinajstić information content (AvgIpc) is 3.06. The van der Waals surface area contributed by atoms with Gasteiger partial charge < -0.3 is 19.5 Å². The normalized spacial score (nSPS) is 18.9. The van der Waals surface area contributed by atoms with Crippen LogP contribution in [0.3, 0.4) is 0 Å². The van der Waals surface area contributed by atoms with Crippen molar-refractivity contribution in [2.75, 3.05) is 20.3 Å². The summed E-state index contributed by atoms with van der Waals surface area (Å²) in [6.45, 7) is 5.67. The maximum absolute atomic E-state index is 12.4.